The molecule has 1 aromatic rings. The van der Waals surface area contributed by atoms with Crippen molar-refractivity contribution in [1.82, 2.24) is 5.32 Å². The summed E-state index contributed by atoms with van der Waals surface area (Å²) in [5.74, 6) is 0.528. The predicted molar refractivity (Wildman–Crippen MR) is 72.1 cm³/mol. The van der Waals surface area contributed by atoms with E-state index < -0.39 is 6.10 Å². The summed E-state index contributed by atoms with van der Waals surface area (Å²) < 4.78 is 10.7. The quantitative estimate of drug-likeness (QED) is 0.654. The molecule has 106 valence electrons. The Morgan fingerprint density at radius 1 is 1.32 bits per heavy atom. The molecule has 0 fully saturated rings. The van der Waals surface area contributed by atoms with E-state index in [-0.39, 0.29) is 19.1 Å². The highest BCUT2D eigenvalue weighted by Crippen LogP contribution is 2.12. The van der Waals surface area contributed by atoms with Gasteiger partial charge >= 0.3 is 0 Å². The van der Waals surface area contributed by atoms with E-state index in [9.17, 15) is 4.79 Å². The Hall–Kier alpha value is -1.59. The summed E-state index contributed by atoms with van der Waals surface area (Å²) in [7, 11) is 0. The van der Waals surface area contributed by atoms with E-state index in [1.807, 2.05) is 37.3 Å². The van der Waals surface area contributed by atoms with Crippen LogP contribution in [0.1, 0.15) is 13.3 Å². The molecule has 0 aromatic heterocycles. The lowest BCUT2D eigenvalue weighted by Gasteiger charge is -2.17. The highest BCUT2D eigenvalue weighted by molar-refractivity contribution is 5.81. The highest BCUT2D eigenvalue weighted by atomic mass is 16.5. The Morgan fingerprint density at radius 3 is 2.68 bits per heavy atom. The van der Waals surface area contributed by atoms with Crippen LogP contribution in [0, 0.1) is 0 Å². The van der Waals surface area contributed by atoms with Gasteiger partial charge in [-0.3, -0.25) is 4.79 Å². The van der Waals surface area contributed by atoms with Crippen LogP contribution in [0.2, 0.25) is 0 Å². The van der Waals surface area contributed by atoms with Crippen LogP contribution in [0.25, 0.3) is 0 Å². The summed E-state index contributed by atoms with van der Waals surface area (Å²) in [4.78, 5) is 11.9. The van der Waals surface area contributed by atoms with E-state index in [1.165, 1.54) is 0 Å². The Bertz CT molecular complexity index is 356. The second-order valence-electron chi connectivity index (χ2n) is 3.95. The number of para-hydroxylation sites is 1. The van der Waals surface area contributed by atoms with Gasteiger partial charge in [0.25, 0.3) is 5.91 Å². The van der Waals surface area contributed by atoms with Crippen molar-refractivity contribution in [3.05, 3.63) is 30.3 Å². The second kappa shape index (κ2) is 9.35. The first-order valence-corrected chi connectivity index (χ1v) is 6.46. The Kier molecular flexibility index (Phi) is 7.62. The van der Waals surface area contributed by atoms with Crippen molar-refractivity contribution in [1.29, 1.82) is 0 Å². The molecule has 1 aromatic carbocycles. The van der Waals surface area contributed by atoms with E-state index in [0.29, 0.717) is 25.3 Å². The molecule has 5 nitrogen and oxygen atoms in total. The van der Waals surface area contributed by atoms with Crippen molar-refractivity contribution in [2.24, 2.45) is 0 Å². The lowest BCUT2D eigenvalue weighted by molar-refractivity contribution is -0.128. The highest BCUT2D eigenvalue weighted by Gasteiger charge is 2.17. The molecule has 1 amide bonds. The number of aliphatic hydroxyl groups is 1. The van der Waals surface area contributed by atoms with E-state index in [0.717, 1.165) is 0 Å². The predicted octanol–water partition coefficient (Wildman–Crippen LogP) is 0.969. The lowest BCUT2D eigenvalue weighted by Crippen LogP contribution is -2.39. The molecule has 0 saturated carbocycles. The number of aliphatic hydroxyl groups excluding tert-OH is 1. The summed E-state index contributed by atoms with van der Waals surface area (Å²) >= 11 is 0. The number of hydrogen-bond donors (Lipinski definition) is 2. The average molecular weight is 267 g/mol. The molecule has 0 heterocycles. The van der Waals surface area contributed by atoms with Crippen molar-refractivity contribution in [2.75, 3.05) is 26.4 Å². The van der Waals surface area contributed by atoms with Crippen molar-refractivity contribution in [3.8, 4) is 5.75 Å². The van der Waals surface area contributed by atoms with Crippen LogP contribution in [0.5, 0.6) is 5.75 Å². The van der Waals surface area contributed by atoms with E-state index >= 15 is 0 Å². The van der Waals surface area contributed by atoms with Crippen LogP contribution < -0.4 is 10.1 Å². The standard InChI is InChI=1S/C14H21NO4/c1-2-13(19-12-6-4-3-5-7-12)14(17)15-8-10-18-11-9-16/h3-7,13,16H,2,8-11H2,1H3,(H,15,17). The number of rotatable bonds is 9. The van der Waals surface area contributed by atoms with Crippen molar-refractivity contribution in [3.63, 3.8) is 0 Å². The summed E-state index contributed by atoms with van der Waals surface area (Å²) in [6.07, 6.45) is 0.0957. The number of amides is 1. The van der Waals surface area contributed by atoms with Crippen LogP contribution in [-0.4, -0.2) is 43.5 Å². The zero-order chi connectivity index (χ0) is 13.9. The minimum absolute atomic E-state index is 0.0113. The molecule has 19 heavy (non-hydrogen) atoms. The zero-order valence-corrected chi connectivity index (χ0v) is 11.2. The van der Waals surface area contributed by atoms with Gasteiger partial charge in [0.15, 0.2) is 6.10 Å². The normalized spacial score (nSPS) is 11.9. The van der Waals surface area contributed by atoms with E-state index in [1.54, 1.807) is 0 Å². The maximum absolute atomic E-state index is 11.9. The second-order valence-corrected chi connectivity index (χ2v) is 3.95. The fourth-order valence-corrected chi connectivity index (χ4v) is 1.51. The first-order chi connectivity index (χ1) is 9.27. The van der Waals surface area contributed by atoms with Crippen molar-refractivity contribution in [2.45, 2.75) is 19.4 Å². The summed E-state index contributed by atoms with van der Waals surface area (Å²) in [6, 6.07) is 9.26. The van der Waals surface area contributed by atoms with Gasteiger partial charge in [-0.15, -0.1) is 0 Å². The number of benzene rings is 1. The third-order valence-corrected chi connectivity index (χ3v) is 2.47. The van der Waals surface area contributed by atoms with Gasteiger partial charge in [-0.05, 0) is 18.6 Å². The number of ether oxygens (including phenoxy) is 2. The van der Waals surface area contributed by atoms with Crippen LogP contribution in [0.4, 0.5) is 0 Å². The molecule has 0 aliphatic heterocycles. The molecule has 2 N–H and O–H groups in total. The minimum Gasteiger partial charge on any atom is -0.481 e. The molecule has 1 unspecified atom stereocenters. The molecule has 1 rings (SSSR count). The van der Waals surface area contributed by atoms with Gasteiger partial charge in [-0.2, -0.15) is 0 Å². The SMILES string of the molecule is CCC(Oc1ccccc1)C(=O)NCCOCCO. The molecule has 0 aliphatic rings. The van der Waals surface area contributed by atoms with Gasteiger partial charge in [0, 0.05) is 6.54 Å². The van der Waals surface area contributed by atoms with Crippen LogP contribution >= 0.6 is 0 Å². The number of hydrogen-bond acceptors (Lipinski definition) is 4. The molecule has 1 atom stereocenters. The molecule has 0 bridgehead atoms. The van der Waals surface area contributed by atoms with Gasteiger partial charge in [0.05, 0.1) is 19.8 Å². The van der Waals surface area contributed by atoms with Crippen LogP contribution in [-0.2, 0) is 9.53 Å². The maximum Gasteiger partial charge on any atom is 0.261 e. The van der Waals surface area contributed by atoms with Crippen LogP contribution in [0.3, 0.4) is 0 Å². The molecular weight excluding hydrogens is 246 g/mol. The van der Waals surface area contributed by atoms with E-state index in [4.69, 9.17) is 14.6 Å². The molecule has 0 radical (unpaired) electrons. The molecule has 0 spiro atoms. The zero-order valence-electron chi connectivity index (χ0n) is 11.2. The Morgan fingerprint density at radius 2 is 2.05 bits per heavy atom. The fraction of sp³-hybridized carbons (Fsp3) is 0.500. The van der Waals surface area contributed by atoms with Gasteiger partial charge in [-0.1, -0.05) is 25.1 Å². The third kappa shape index (κ3) is 6.22. The Balaban J connectivity index is 2.31. The van der Waals surface area contributed by atoms with E-state index in [2.05, 4.69) is 5.32 Å². The van der Waals surface area contributed by atoms with Gasteiger partial charge in [0.2, 0.25) is 0 Å². The smallest absolute Gasteiger partial charge is 0.261 e. The largest absolute Gasteiger partial charge is 0.481 e. The minimum atomic E-state index is -0.500. The van der Waals surface area contributed by atoms with Crippen molar-refractivity contribution < 1.29 is 19.4 Å². The summed E-state index contributed by atoms with van der Waals surface area (Å²) in [5.41, 5.74) is 0. The molecule has 5 heteroatoms. The average Bonchev–Trinajstić information content (AvgIpc) is 2.45. The first-order valence-electron chi connectivity index (χ1n) is 6.46. The lowest BCUT2D eigenvalue weighted by atomic mass is 10.2. The fourth-order valence-electron chi connectivity index (χ4n) is 1.51. The number of carbonyl (C=O) groups excluding carboxylic acids is 1. The number of nitrogens with one attached hydrogen (secondary N) is 1. The molecule has 0 saturated heterocycles. The summed E-state index contributed by atoms with van der Waals surface area (Å²) in [6.45, 7) is 2.97. The van der Waals surface area contributed by atoms with Crippen molar-refractivity contribution >= 4 is 5.91 Å². The third-order valence-electron chi connectivity index (χ3n) is 2.47. The Labute approximate surface area is 113 Å². The summed E-state index contributed by atoms with van der Waals surface area (Å²) in [5, 5.41) is 11.3. The van der Waals surface area contributed by atoms with Gasteiger partial charge < -0.3 is 19.9 Å². The molecular formula is C14H21NO4. The van der Waals surface area contributed by atoms with Crippen LogP contribution in [0.15, 0.2) is 30.3 Å². The molecule has 0 aliphatic carbocycles. The number of carbonyl (C=O) groups is 1. The van der Waals surface area contributed by atoms with Gasteiger partial charge in [0.1, 0.15) is 5.75 Å². The first kappa shape index (κ1) is 15.5. The monoisotopic (exact) mass is 267 g/mol. The van der Waals surface area contributed by atoms with Gasteiger partial charge in [-0.25, -0.2) is 0 Å². The maximum atomic E-state index is 11.9. The topological polar surface area (TPSA) is 67.8 Å².